The zero-order valence-electron chi connectivity index (χ0n) is 15.3. The molecular formula is C23H17ClFNO3. The van der Waals surface area contributed by atoms with Gasteiger partial charge in [0.1, 0.15) is 11.9 Å². The Hall–Kier alpha value is -3.02. The molecule has 0 saturated carbocycles. The molecule has 3 aromatic carbocycles. The molecule has 0 radical (unpaired) electrons. The molecule has 1 heterocycles. The van der Waals surface area contributed by atoms with Crippen LogP contribution in [-0.2, 0) is 4.74 Å². The Kier molecular flexibility index (Phi) is 5.43. The van der Waals surface area contributed by atoms with Gasteiger partial charge in [-0.2, -0.15) is 0 Å². The second-order valence-corrected chi connectivity index (χ2v) is 7.10. The molecule has 0 N–H and O–H groups in total. The van der Waals surface area contributed by atoms with E-state index in [1.807, 2.05) is 12.1 Å². The molecule has 0 aromatic heterocycles. The zero-order valence-corrected chi connectivity index (χ0v) is 16.1. The Balaban J connectivity index is 1.50. The number of imide groups is 1. The van der Waals surface area contributed by atoms with Crippen LogP contribution in [0.1, 0.15) is 37.9 Å². The number of benzene rings is 3. The quantitative estimate of drug-likeness (QED) is 0.545. The van der Waals surface area contributed by atoms with Crippen molar-refractivity contribution in [3.63, 3.8) is 0 Å². The van der Waals surface area contributed by atoms with Gasteiger partial charge in [0.15, 0.2) is 0 Å². The standard InChI is InChI=1S/C23H17ClFNO3/c24-17-9-5-15(6-10-17)21(16-7-11-18(25)12-8-16)29-14-13-26-22(27)19-3-1-2-4-20(19)23(26)28/h1-12,21H,13-14H2/t21-/m0/s1. The first-order valence-corrected chi connectivity index (χ1v) is 9.50. The molecule has 0 spiro atoms. The highest BCUT2D eigenvalue weighted by Gasteiger charge is 2.34. The Morgan fingerprint density at radius 3 is 1.90 bits per heavy atom. The van der Waals surface area contributed by atoms with Crippen LogP contribution in [0.2, 0.25) is 5.02 Å². The van der Waals surface area contributed by atoms with Crippen molar-refractivity contribution in [2.45, 2.75) is 6.10 Å². The lowest BCUT2D eigenvalue weighted by molar-refractivity contribution is 0.0453. The SMILES string of the molecule is O=C1c2ccccc2C(=O)N1CCO[C@H](c1ccc(F)cc1)c1ccc(Cl)cc1. The Bertz CT molecular complexity index is 970. The number of amides is 2. The van der Waals surface area contributed by atoms with Gasteiger partial charge in [0.25, 0.3) is 11.8 Å². The van der Waals surface area contributed by atoms with Crippen LogP contribution < -0.4 is 0 Å². The number of halogens is 2. The third-order valence-electron chi connectivity index (χ3n) is 4.82. The molecule has 146 valence electrons. The summed E-state index contributed by atoms with van der Waals surface area (Å²) >= 11 is 5.98. The van der Waals surface area contributed by atoms with E-state index in [9.17, 15) is 14.0 Å². The maximum Gasteiger partial charge on any atom is 0.261 e. The van der Waals surface area contributed by atoms with Crippen molar-refractivity contribution in [1.29, 1.82) is 0 Å². The highest BCUT2D eigenvalue weighted by Crippen LogP contribution is 2.28. The van der Waals surface area contributed by atoms with Crippen LogP contribution in [0.3, 0.4) is 0 Å². The second kappa shape index (κ2) is 8.15. The van der Waals surface area contributed by atoms with Crippen molar-refractivity contribution in [2.24, 2.45) is 0 Å². The number of carbonyl (C=O) groups is 2. The minimum Gasteiger partial charge on any atom is -0.367 e. The van der Waals surface area contributed by atoms with Crippen LogP contribution >= 0.6 is 11.6 Å². The molecule has 0 bridgehead atoms. The summed E-state index contributed by atoms with van der Waals surface area (Å²) in [5.41, 5.74) is 2.41. The van der Waals surface area contributed by atoms with E-state index in [2.05, 4.69) is 0 Å². The zero-order chi connectivity index (χ0) is 20.4. The maximum absolute atomic E-state index is 13.3. The second-order valence-electron chi connectivity index (χ2n) is 6.66. The molecule has 0 fully saturated rings. The predicted molar refractivity (Wildman–Crippen MR) is 107 cm³/mol. The molecule has 0 unspecified atom stereocenters. The van der Waals surface area contributed by atoms with Crippen LogP contribution in [0.4, 0.5) is 4.39 Å². The number of rotatable bonds is 6. The number of hydrogen-bond acceptors (Lipinski definition) is 3. The molecule has 29 heavy (non-hydrogen) atoms. The maximum atomic E-state index is 13.3. The summed E-state index contributed by atoms with van der Waals surface area (Å²) in [6.07, 6.45) is -0.483. The molecule has 2 amide bonds. The minimum absolute atomic E-state index is 0.123. The van der Waals surface area contributed by atoms with Crippen molar-refractivity contribution >= 4 is 23.4 Å². The van der Waals surface area contributed by atoms with Gasteiger partial charge in [0, 0.05) is 5.02 Å². The minimum atomic E-state index is -0.483. The smallest absolute Gasteiger partial charge is 0.261 e. The predicted octanol–water partition coefficient (Wildman–Crippen LogP) is 4.88. The average Bonchev–Trinajstić information content (AvgIpc) is 2.98. The van der Waals surface area contributed by atoms with E-state index in [-0.39, 0.29) is 30.8 Å². The number of hydrogen-bond donors (Lipinski definition) is 0. The number of carbonyl (C=O) groups excluding carboxylic acids is 2. The van der Waals surface area contributed by atoms with Crippen molar-refractivity contribution in [1.82, 2.24) is 4.90 Å². The first-order chi connectivity index (χ1) is 14.0. The largest absolute Gasteiger partial charge is 0.367 e. The van der Waals surface area contributed by atoms with Crippen LogP contribution in [0, 0.1) is 5.82 Å². The van der Waals surface area contributed by atoms with Gasteiger partial charge in [-0.25, -0.2) is 4.39 Å². The third-order valence-corrected chi connectivity index (χ3v) is 5.08. The molecule has 0 aliphatic carbocycles. The normalized spacial score (nSPS) is 14.2. The van der Waals surface area contributed by atoms with Gasteiger partial charge in [-0.3, -0.25) is 14.5 Å². The van der Waals surface area contributed by atoms with E-state index in [0.717, 1.165) is 11.1 Å². The summed E-state index contributed by atoms with van der Waals surface area (Å²) in [6.45, 7) is 0.258. The van der Waals surface area contributed by atoms with Crippen molar-refractivity contribution in [3.05, 3.63) is 106 Å². The fourth-order valence-corrected chi connectivity index (χ4v) is 3.49. The Morgan fingerprint density at radius 2 is 1.34 bits per heavy atom. The van der Waals surface area contributed by atoms with Crippen LogP contribution in [0.15, 0.2) is 72.8 Å². The monoisotopic (exact) mass is 409 g/mol. The van der Waals surface area contributed by atoms with E-state index in [4.69, 9.17) is 16.3 Å². The van der Waals surface area contributed by atoms with Crippen molar-refractivity contribution in [2.75, 3.05) is 13.2 Å². The van der Waals surface area contributed by atoms with Crippen LogP contribution in [0.25, 0.3) is 0 Å². The fraction of sp³-hybridized carbons (Fsp3) is 0.130. The fourth-order valence-electron chi connectivity index (χ4n) is 3.36. The lowest BCUT2D eigenvalue weighted by Gasteiger charge is -2.21. The van der Waals surface area contributed by atoms with Crippen molar-refractivity contribution < 1.29 is 18.7 Å². The van der Waals surface area contributed by atoms with E-state index >= 15 is 0 Å². The third kappa shape index (κ3) is 3.92. The van der Waals surface area contributed by atoms with E-state index in [0.29, 0.717) is 16.1 Å². The number of fused-ring (bicyclic) bond motifs is 1. The summed E-state index contributed by atoms with van der Waals surface area (Å²) in [5, 5.41) is 0.595. The highest BCUT2D eigenvalue weighted by molar-refractivity contribution is 6.30. The summed E-state index contributed by atoms with van der Waals surface area (Å²) in [6, 6.07) is 19.9. The van der Waals surface area contributed by atoms with Gasteiger partial charge in [-0.15, -0.1) is 0 Å². The first kappa shape index (κ1) is 19.3. The Labute approximate surface area is 172 Å². The lowest BCUT2D eigenvalue weighted by Crippen LogP contribution is -2.33. The average molecular weight is 410 g/mol. The molecule has 1 aliphatic rings. The van der Waals surface area contributed by atoms with Gasteiger partial charge in [-0.1, -0.05) is 48.0 Å². The molecular weight excluding hydrogens is 393 g/mol. The summed E-state index contributed by atoms with van der Waals surface area (Å²) < 4.78 is 19.4. The van der Waals surface area contributed by atoms with Gasteiger partial charge in [0.05, 0.1) is 24.3 Å². The summed E-state index contributed by atoms with van der Waals surface area (Å²) in [7, 11) is 0. The highest BCUT2D eigenvalue weighted by atomic mass is 35.5. The van der Waals surface area contributed by atoms with Gasteiger partial charge < -0.3 is 4.74 Å². The summed E-state index contributed by atoms with van der Waals surface area (Å²) in [4.78, 5) is 26.2. The van der Waals surface area contributed by atoms with Gasteiger partial charge in [-0.05, 0) is 47.5 Å². The molecule has 4 rings (SSSR count). The van der Waals surface area contributed by atoms with E-state index in [1.165, 1.54) is 17.0 Å². The molecule has 1 atom stereocenters. The molecule has 4 nitrogen and oxygen atoms in total. The molecule has 1 aliphatic heterocycles. The molecule has 0 saturated heterocycles. The van der Waals surface area contributed by atoms with Gasteiger partial charge in [0.2, 0.25) is 0 Å². The first-order valence-electron chi connectivity index (χ1n) is 9.12. The Morgan fingerprint density at radius 1 is 0.828 bits per heavy atom. The number of nitrogens with zero attached hydrogens (tertiary/aromatic N) is 1. The van der Waals surface area contributed by atoms with Gasteiger partial charge >= 0.3 is 0 Å². The van der Waals surface area contributed by atoms with Crippen LogP contribution in [-0.4, -0.2) is 29.9 Å². The molecule has 3 aromatic rings. The molecule has 6 heteroatoms. The van der Waals surface area contributed by atoms with Crippen LogP contribution in [0.5, 0.6) is 0 Å². The number of ether oxygens (including phenoxy) is 1. The van der Waals surface area contributed by atoms with E-state index in [1.54, 1.807) is 48.5 Å². The lowest BCUT2D eigenvalue weighted by atomic mass is 10.0. The summed E-state index contributed by atoms with van der Waals surface area (Å²) in [5.74, 6) is -0.979. The van der Waals surface area contributed by atoms with Crippen molar-refractivity contribution in [3.8, 4) is 0 Å². The van der Waals surface area contributed by atoms with E-state index < -0.39 is 6.10 Å². The topological polar surface area (TPSA) is 46.6 Å².